The molecule has 1 amide bonds. The summed E-state index contributed by atoms with van der Waals surface area (Å²) in [4.78, 5) is 15.0. The van der Waals surface area contributed by atoms with E-state index in [9.17, 15) is 4.79 Å². The number of amides is 1. The molecule has 35 heavy (non-hydrogen) atoms. The van der Waals surface area contributed by atoms with E-state index in [-0.39, 0.29) is 5.91 Å². The van der Waals surface area contributed by atoms with Crippen LogP contribution in [0.1, 0.15) is 78.4 Å². The largest absolute Gasteiger partial charge is 0.349 e. The summed E-state index contributed by atoms with van der Waals surface area (Å²) in [5, 5.41) is 3.23. The Morgan fingerprint density at radius 1 is 0.886 bits per heavy atom. The SMILES string of the molecule is CCCc1cccc2c1C(CCCCN1CCC(NC(=O)c3ccccc3)CC1)c1ccccc1-2. The Labute approximate surface area is 210 Å². The molecule has 182 valence electrons. The number of nitrogens with one attached hydrogen (secondary N) is 1. The lowest BCUT2D eigenvalue weighted by molar-refractivity contribution is 0.0910. The zero-order chi connectivity index (χ0) is 24.0. The maximum absolute atomic E-state index is 12.4. The number of nitrogens with zero attached hydrogens (tertiary/aromatic N) is 1. The van der Waals surface area contributed by atoms with Crippen LogP contribution < -0.4 is 5.32 Å². The highest BCUT2D eigenvalue weighted by atomic mass is 16.1. The summed E-state index contributed by atoms with van der Waals surface area (Å²) in [7, 11) is 0. The zero-order valence-corrected chi connectivity index (χ0v) is 21.0. The van der Waals surface area contributed by atoms with Crippen LogP contribution in [0.3, 0.4) is 0 Å². The minimum Gasteiger partial charge on any atom is -0.349 e. The summed E-state index contributed by atoms with van der Waals surface area (Å²) in [5.41, 5.74) is 8.35. The molecule has 1 heterocycles. The van der Waals surface area contributed by atoms with E-state index in [1.54, 1.807) is 11.1 Å². The van der Waals surface area contributed by atoms with E-state index < -0.39 is 0 Å². The molecule has 1 aliphatic heterocycles. The van der Waals surface area contributed by atoms with Crippen molar-refractivity contribution >= 4 is 5.91 Å². The van der Waals surface area contributed by atoms with E-state index in [2.05, 4.69) is 59.6 Å². The Hall–Kier alpha value is -2.91. The van der Waals surface area contributed by atoms with Gasteiger partial charge in [-0.1, -0.05) is 80.4 Å². The van der Waals surface area contributed by atoms with Crippen LogP contribution in [-0.2, 0) is 6.42 Å². The van der Waals surface area contributed by atoms with Gasteiger partial charge in [0, 0.05) is 30.6 Å². The number of carbonyl (C=O) groups excluding carboxylic acids is 1. The van der Waals surface area contributed by atoms with Gasteiger partial charge in [-0.25, -0.2) is 0 Å². The fraction of sp³-hybridized carbons (Fsp3) is 0.406. The highest BCUT2D eigenvalue weighted by molar-refractivity contribution is 5.94. The molecule has 3 aromatic rings. The van der Waals surface area contributed by atoms with Crippen LogP contribution in [-0.4, -0.2) is 36.5 Å². The quantitative estimate of drug-likeness (QED) is 0.351. The fourth-order valence-corrected chi connectivity index (χ4v) is 6.09. The van der Waals surface area contributed by atoms with Crippen molar-refractivity contribution in [2.75, 3.05) is 19.6 Å². The number of carbonyl (C=O) groups is 1. The summed E-state index contributed by atoms with van der Waals surface area (Å²) in [5.74, 6) is 0.603. The van der Waals surface area contributed by atoms with Crippen molar-refractivity contribution in [1.82, 2.24) is 10.2 Å². The van der Waals surface area contributed by atoms with Gasteiger partial charge in [-0.05, 0) is 78.6 Å². The third-order valence-electron chi connectivity index (χ3n) is 7.87. The molecule has 1 aliphatic carbocycles. The van der Waals surface area contributed by atoms with E-state index in [1.165, 1.54) is 48.8 Å². The second kappa shape index (κ2) is 11.2. The van der Waals surface area contributed by atoms with Gasteiger partial charge in [0.1, 0.15) is 0 Å². The number of rotatable bonds is 9. The number of benzene rings is 3. The molecule has 3 heteroatoms. The smallest absolute Gasteiger partial charge is 0.251 e. The molecule has 3 aromatic carbocycles. The van der Waals surface area contributed by atoms with Gasteiger partial charge in [0.2, 0.25) is 0 Å². The molecule has 0 bridgehead atoms. The third kappa shape index (κ3) is 5.36. The average molecular weight is 467 g/mol. The number of hydrogen-bond donors (Lipinski definition) is 1. The third-order valence-corrected chi connectivity index (χ3v) is 7.87. The summed E-state index contributed by atoms with van der Waals surface area (Å²) >= 11 is 0. The molecule has 1 unspecified atom stereocenters. The molecule has 0 saturated carbocycles. The van der Waals surface area contributed by atoms with Gasteiger partial charge in [-0.2, -0.15) is 0 Å². The molecule has 1 fully saturated rings. The normalized spacial score (nSPS) is 17.7. The zero-order valence-electron chi connectivity index (χ0n) is 21.0. The van der Waals surface area contributed by atoms with Crippen molar-refractivity contribution in [3.8, 4) is 11.1 Å². The van der Waals surface area contributed by atoms with Crippen LogP contribution >= 0.6 is 0 Å². The van der Waals surface area contributed by atoms with Gasteiger partial charge in [-0.15, -0.1) is 0 Å². The molecular weight excluding hydrogens is 428 g/mol. The lowest BCUT2D eigenvalue weighted by atomic mass is 9.87. The topological polar surface area (TPSA) is 32.3 Å². The van der Waals surface area contributed by atoms with Crippen LogP contribution in [0.15, 0.2) is 72.8 Å². The number of unbranched alkanes of at least 4 members (excludes halogenated alkanes) is 1. The maximum atomic E-state index is 12.4. The molecule has 1 N–H and O–H groups in total. The first-order valence-electron chi connectivity index (χ1n) is 13.5. The van der Waals surface area contributed by atoms with Crippen molar-refractivity contribution in [2.45, 2.75) is 63.8 Å². The molecule has 0 aromatic heterocycles. The monoisotopic (exact) mass is 466 g/mol. The Bertz CT molecular complexity index is 1130. The highest BCUT2D eigenvalue weighted by Gasteiger charge is 2.30. The highest BCUT2D eigenvalue weighted by Crippen LogP contribution is 2.48. The van der Waals surface area contributed by atoms with E-state index >= 15 is 0 Å². The fourth-order valence-electron chi connectivity index (χ4n) is 6.09. The minimum absolute atomic E-state index is 0.0589. The van der Waals surface area contributed by atoms with Crippen LogP contribution in [0.4, 0.5) is 0 Å². The Morgan fingerprint density at radius 2 is 1.63 bits per heavy atom. The maximum Gasteiger partial charge on any atom is 0.251 e. The summed E-state index contributed by atoms with van der Waals surface area (Å²) in [6.07, 6.45) is 8.18. The standard InChI is InChI=1S/C32H38N2O/c1-2-11-24-14-10-18-30-28-16-7-6-15-27(28)29(31(24)30)17-8-9-21-34-22-19-26(20-23-34)33-32(35)25-12-4-3-5-13-25/h3-7,10,12-16,18,26,29H,2,8-9,11,17,19-23H2,1H3,(H,33,35). The molecule has 1 atom stereocenters. The minimum atomic E-state index is 0.0589. The molecule has 3 nitrogen and oxygen atoms in total. The number of hydrogen-bond acceptors (Lipinski definition) is 2. The molecule has 0 spiro atoms. The van der Waals surface area contributed by atoms with E-state index in [0.29, 0.717) is 12.0 Å². The van der Waals surface area contributed by atoms with Gasteiger partial charge in [-0.3, -0.25) is 4.79 Å². The summed E-state index contributed by atoms with van der Waals surface area (Å²) < 4.78 is 0. The van der Waals surface area contributed by atoms with Crippen LogP contribution in [0.5, 0.6) is 0 Å². The van der Waals surface area contributed by atoms with Crippen LogP contribution in [0.25, 0.3) is 11.1 Å². The second-order valence-electron chi connectivity index (χ2n) is 10.2. The van der Waals surface area contributed by atoms with E-state index in [1.807, 2.05) is 30.3 Å². The van der Waals surface area contributed by atoms with Gasteiger partial charge in [0.15, 0.2) is 0 Å². The van der Waals surface area contributed by atoms with Gasteiger partial charge < -0.3 is 10.2 Å². The first kappa shape index (κ1) is 23.8. The first-order valence-corrected chi connectivity index (χ1v) is 13.5. The predicted molar refractivity (Wildman–Crippen MR) is 145 cm³/mol. The lowest BCUT2D eigenvalue weighted by Crippen LogP contribution is -2.44. The van der Waals surface area contributed by atoms with Crippen molar-refractivity contribution < 1.29 is 4.79 Å². The Balaban J connectivity index is 1.11. The summed E-state index contributed by atoms with van der Waals surface area (Å²) in [6.45, 7) is 5.61. The number of likely N-dealkylation sites (tertiary alicyclic amines) is 1. The second-order valence-corrected chi connectivity index (χ2v) is 10.2. The Kier molecular flexibility index (Phi) is 7.63. The molecule has 2 aliphatic rings. The molecule has 1 saturated heterocycles. The van der Waals surface area contributed by atoms with Gasteiger partial charge >= 0.3 is 0 Å². The Morgan fingerprint density at radius 3 is 2.43 bits per heavy atom. The number of fused-ring (bicyclic) bond motifs is 3. The average Bonchev–Trinajstić information content (AvgIpc) is 3.23. The van der Waals surface area contributed by atoms with E-state index in [4.69, 9.17) is 0 Å². The lowest BCUT2D eigenvalue weighted by Gasteiger charge is -2.32. The van der Waals surface area contributed by atoms with E-state index in [0.717, 1.165) is 38.0 Å². The molecular formula is C32H38N2O. The van der Waals surface area contributed by atoms with Crippen molar-refractivity contribution in [3.05, 3.63) is 95.1 Å². The van der Waals surface area contributed by atoms with Gasteiger partial charge in [0.05, 0.1) is 0 Å². The number of piperidine rings is 1. The van der Waals surface area contributed by atoms with Crippen LogP contribution in [0.2, 0.25) is 0 Å². The van der Waals surface area contributed by atoms with Crippen molar-refractivity contribution in [3.63, 3.8) is 0 Å². The van der Waals surface area contributed by atoms with Gasteiger partial charge in [0.25, 0.3) is 5.91 Å². The predicted octanol–water partition coefficient (Wildman–Crippen LogP) is 6.82. The number of aryl methyl sites for hydroxylation is 1. The van der Waals surface area contributed by atoms with Crippen molar-refractivity contribution in [2.24, 2.45) is 0 Å². The first-order chi connectivity index (χ1) is 17.2. The van der Waals surface area contributed by atoms with Crippen molar-refractivity contribution in [1.29, 1.82) is 0 Å². The molecule has 0 radical (unpaired) electrons. The van der Waals surface area contributed by atoms with Crippen LogP contribution in [0, 0.1) is 0 Å². The summed E-state index contributed by atoms with van der Waals surface area (Å²) in [6, 6.07) is 25.8. The molecule has 5 rings (SSSR count).